The SMILES string of the molecule is O=C(O)C1CCCCN1.[KH]. The second-order valence-corrected chi connectivity index (χ2v) is 2.34. The van der Waals surface area contributed by atoms with Gasteiger partial charge in [0, 0.05) is 0 Å². The number of nitrogens with one attached hydrogen (secondary N) is 1. The number of carbonyl (C=O) groups is 1. The summed E-state index contributed by atoms with van der Waals surface area (Å²) in [5.41, 5.74) is 0. The van der Waals surface area contributed by atoms with Crippen molar-refractivity contribution < 1.29 is 9.90 Å². The zero-order chi connectivity index (χ0) is 6.69. The van der Waals surface area contributed by atoms with Crippen molar-refractivity contribution in [2.24, 2.45) is 0 Å². The zero-order valence-corrected chi connectivity index (χ0v) is 5.26. The first-order valence-electron chi connectivity index (χ1n) is 3.27. The van der Waals surface area contributed by atoms with E-state index in [9.17, 15) is 4.79 Å². The van der Waals surface area contributed by atoms with E-state index < -0.39 is 5.97 Å². The average Bonchev–Trinajstić information content (AvgIpc) is 1.90. The van der Waals surface area contributed by atoms with Crippen LogP contribution in [0.1, 0.15) is 19.3 Å². The molecule has 0 spiro atoms. The van der Waals surface area contributed by atoms with Gasteiger partial charge in [0.2, 0.25) is 0 Å². The molecule has 4 heteroatoms. The van der Waals surface area contributed by atoms with Crippen molar-refractivity contribution in [2.75, 3.05) is 6.54 Å². The Balaban J connectivity index is 0.000000810. The number of carboxylic acid groups (broad SMARTS) is 1. The van der Waals surface area contributed by atoms with Crippen molar-refractivity contribution >= 4 is 57.4 Å². The Morgan fingerprint density at radius 2 is 2.20 bits per heavy atom. The molecule has 0 radical (unpaired) electrons. The predicted octanol–water partition coefficient (Wildman–Crippen LogP) is -0.435. The van der Waals surface area contributed by atoms with Crippen molar-refractivity contribution in [3.63, 3.8) is 0 Å². The Labute approximate surface area is 103 Å². The maximum atomic E-state index is 10.3. The van der Waals surface area contributed by atoms with Crippen LogP contribution < -0.4 is 5.32 Å². The summed E-state index contributed by atoms with van der Waals surface area (Å²) < 4.78 is 0. The molecule has 0 aliphatic carbocycles. The molecule has 1 atom stereocenters. The first kappa shape index (κ1) is 11.1. The van der Waals surface area contributed by atoms with Gasteiger partial charge in [-0.25, -0.2) is 0 Å². The Bertz CT molecular complexity index is 112. The van der Waals surface area contributed by atoms with E-state index >= 15 is 0 Å². The first-order chi connectivity index (χ1) is 4.30. The van der Waals surface area contributed by atoms with Crippen molar-refractivity contribution in [2.45, 2.75) is 25.3 Å². The fourth-order valence-electron chi connectivity index (χ4n) is 1.06. The molecule has 1 aliphatic rings. The van der Waals surface area contributed by atoms with Gasteiger partial charge in [-0.15, -0.1) is 0 Å². The van der Waals surface area contributed by atoms with Crippen LogP contribution in [0.4, 0.5) is 0 Å². The fraction of sp³-hybridized carbons (Fsp3) is 0.833. The minimum atomic E-state index is -0.713. The van der Waals surface area contributed by atoms with E-state index in [1.807, 2.05) is 0 Å². The summed E-state index contributed by atoms with van der Waals surface area (Å²) in [6.45, 7) is 0.858. The topological polar surface area (TPSA) is 49.3 Å². The molecule has 54 valence electrons. The van der Waals surface area contributed by atoms with Gasteiger partial charge in [0.1, 0.15) is 6.04 Å². The number of hydrogen-bond donors (Lipinski definition) is 2. The monoisotopic (exact) mass is 169 g/mol. The van der Waals surface area contributed by atoms with Gasteiger partial charge in [0.15, 0.2) is 0 Å². The molecule has 1 unspecified atom stereocenters. The second-order valence-electron chi connectivity index (χ2n) is 2.34. The van der Waals surface area contributed by atoms with E-state index in [0.717, 1.165) is 25.8 Å². The summed E-state index contributed by atoms with van der Waals surface area (Å²) in [6.07, 6.45) is 2.95. The van der Waals surface area contributed by atoms with Crippen LogP contribution in [0, 0.1) is 0 Å². The van der Waals surface area contributed by atoms with Crippen molar-refractivity contribution in [3.8, 4) is 0 Å². The second kappa shape index (κ2) is 5.68. The molecule has 2 N–H and O–H groups in total. The molecule has 0 bridgehead atoms. The molecule has 10 heavy (non-hydrogen) atoms. The van der Waals surface area contributed by atoms with Gasteiger partial charge in [0.05, 0.1) is 0 Å². The summed E-state index contributed by atoms with van der Waals surface area (Å²) >= 11 is 0. The van der Waals surface area contributed by atoms with Gasteiger partial charge >= 0.3 is 57.4 Å². The molecular weight excluding hydrogens is 157 g/mol. The third-order valence-electron chi connectivity index (χ3n) is 1.61. The van der Waals surface area contributed by atoms with Crippen molar-refractivity contribution in [1.82, 2.24) is 5.32 Å². The van der Waals surface area contributed by atoms with Gasteiger partial charge in [0.25, 0.3) is 0 Å². The average molecular weight is 169 g/mol. The molecule has 0 aromatic rings. The van der Waals surface area contributed by atoms with E-state index in [4.69, 9.17) is 5.11 Å². The standard InChI is InChI=1S/C6H11NO2.K.H/c8-6(9)5-3-1-2-4-7-5;;/h5,7H,1-4H2,(H,8,9);;. The predicted molar refractivity (Wildman–Crippen MR) is 40.4 cm³/mol. The van der Waals surface area contributed by atoms with Crippen LogP contribution in [0.25, 0.3) is 0 Å². The number of aliphatic carboxylic acids is 1. The van der Waals surface area contributed by atoms with E-state index in [1.54, 1.807) is 0 Å². The molecule has 0 aromatic heterocycles. The van der Waals surface area contributed by atoms with Crippen LogP contribution in [0.2, 0.25) is 0 Å². The van der Waals surface area contributed by atoms with Crippen LogP contribution in [-0.4, -0.2) is 75.0 Å². The summed E-state index contributed by atoms with van der Waals surface area (Å²) in [6, 6.07) is -0.279. The fourth-order valence-corrected chi connectivity index (χ4v) is 1.06. The number of hydrogen-bond acceptors (Lipinski definition) is 2. The summed E-state index contributed by atoms with van der Waals surface area (Å²) in [7, 11) is 0. The molecule has 0 amide bonds. The third kappa shape index (κ3) is 3.46. The summed E-state index contributed by atoms with van der Waals surface area (Å²) in [5.74, 6) is -0.713. The third-order valence-corrected chi connectivity index (χ3v) is 1.61. The molecule has 1 saturated heterocycles. The number of carboxylic acids is 1. The normalized spacial score (nSPS) is 25.0. The number of piperidine rings is 1. The molecule has 3 nitrogen and oxygen atoms in total. The maximum absolute atomic E-state index is 10.3. The van der Waals surface area contributed by atoms with Crippen LogP contribution in [0.15, 0.2) is 0 Å². The Hall–Kier alpha value is 1.07. The number of rotatable bonds is 1. The molecule has 1 aliphatic heterocycles. The van der Waals surface area contributed by atoms with Crippen LogP contribution in [-0.2, 0) is 4.79 Å². The molecule has 1 heterocycles. The van der Waals surface area contributed by atoms with Crippen molar-refractivity contribution in [3.05, 3.63) is 0 Å². The van der Waals surface area contributed by atoms with Gasteiger partial charge in [-0.2, -0.15) is 0 Å². The quantitative estimate of drug-likeness (QED) is 0.523. The van der Waals surface area contributed by atoms with E-state index in [1.165, 1.54) is 0 Å². The molecule has 1 fully saturated rings. The van der Waals surface area contributed by atoms with Crippen molar-refractivity contribution in [1.29, 1.82) is 0 Å². The molecule has 0 aromatic carbocycles. The summed E-state index contributed by atoms with van der Waals surface area (Å²) in [5, 5.41) is 11.4. The van der Waals surface area contributed by atoms with Gasteiger partial charge in [-0.1, -0.05) is 6.42 Å². The van der Waals surface area contributed by atoms with Gasteiger partial charge in [-0.05, 0) is 19.4 Å². The van der Waals surface area contributed by atoms with Crippen LogP contribution in [0.5, 0.6) is 0 Å². The van der Waals surface area contributed by atoms with Gasteiger partial charge in [-0.3, -0.25) is 4.79 Å². The molecule has 0 saturated carbocycles. The zero-order valence-electron chi connectivity index (χ0n) is 5.26. The van der Waals surface area contributed by atoms with E-state index in [0.29, 0.717) is 0 Å². The van der Waals surface area contributed by atoms with Gasteiger partial charge < -0.3 is 10.4 Å². The molecule has 1 rings (SSSR count). The Kier molecular flexibility index (Phi) is 6.29. The first-order valence-corrected chi connectivity index (χ1v) is 3.27. The summed E-state index contributed by atoms with van der Waals surface area (Å²) in [4.78, 5) is 10.3. The minimum absolute atomic E-state index is 0. The van der Waals surface area contributed by atoms with Crippen LogP contribution in [0.3, 0.4) is 0 Å². The Morgan fingerprint density at radius 1 is 1.50 bits per heavy atom. The molecular formula is C6H12KNO2. The Morgan fingerprint density at radius 3 is 2.50 bits per heavy atom. The van der Waals surface area contributed by atoms with E-state index in [2.05, 4.69) is 5.32 Å². The van der Waals surface area contributed by atoms with Crippen LogP contribution >= 0.6 is 0 Å². The van der Waals surface area contributed by atoms with E-state index in [-0.39, 0.29) is 57.4 Å².